The Morgan fingerprint density at radius 1 is 1.54 bits per heavy atom. The van der Waals surface area contributed by atoms with E-state index in [0.717, 1.165) is 0 Å². The average Bonchev–Trinajstić information content (AvgIpc) is 2.03. The van der Waals surface area contributed by atoms with E-state index < -0.39 is 0 Å². The number of anilines is 2. The van der Waals surface area contributed by atoms with Crippen LogP contribution in [0.5, 0.6) is 0 Å². The summed E-state index contributed by atoms with van der Waals surface area (Å²) in [5.74, 6) is 0.883. The van der Waals surface area contributed by atoms with Gasteiger partial charge in [-0.15, -0.1) is 0 Å². The molecule has 72 valence electrons. The lowest BCUT2D eigenvalue weighted by atomic mass is 10.4. The molecule has 0 unspecified atom stereocenters. The number of aliphatic hydroxyl groups is 1. The van der Waals surface area contributed by atoms with Crippen LogP contribution in [0.3, 0.4) is 0 Å². The van der Waals surface area contributed by atoms with Gasteiger partial charge in [0.25, 0.3) is 0 Å². The number of aliphatic hydroxyl groups excluding tert-OH is 1. The SMILES string of the molecule is Nc1nc(Br)cc(NCCCO)n1. The van der Waals surface area contributed by atoms with E-state index in [-0.39, 0.29) is 12.6 Å². The first-order valence-corrected chi connectivity index (χ1v) is 4.66. The molecule has 0 radical (unpaired) electrons. The highest BCUT2D eigenvalue weighted by molar-refractivity contribution is 9.10. The molecule has 5 nitrogen and oxygen atoms in total. The average molecular weight is 247 g/mol. The second kappa shape index (κ2) is 4.98. The van der Waals surface area contributed by atoms with Crippen LogP contribution in [0.15, 0.2) is 10.7 Å². The molecule has 0 aromatic carbocycles. The zero-order valence-corrected chi connectivity index (χ0v) is 8.58. The van der Waals surface area contributed by atoms with Crippen LogP contribution in [0.4, 0.5) is 11.8 Å². The van der Waals surface area contributed by atoms with Crippen molar-refractivity contribution >= 4 is 27.7 Å². The first-order valence-electron chi connectivity index (χ1n) is 3.87. The molecular formula is C7H11BrN4O. The number of halogens is 1. The number of hydrogen-bond donors (Lipinski definition) is 3. The normalized spacial score (nSPS) is 10.0. The molecule has 1 heterocycles. The summed E-state index contributed by atoms with van der Waals surface area (Å²) in [4.78, 5) is 7.81. The topological polar surface area (TPSA) is 84.1 Å². The van der Waals surface area contributed by atoms with Gasteiger partial charge in [-0.1, -0.05) is 0 Å². The van der Waals surface area contributed by atoms with Crippen molar-refractivity contribution in [2.24, 2.45) is 0 Å². The van der Waals surface area contributed by atoms with Crippen LogP contribution in [0, 0.1) is 0 Å². The lowest BCUT2D eigenvalue weighted by Crippen LogP contribution is -2.07. The molecular weight excluding hydrogens is 236 g/mol. The molecule has 0 fully saturated rings. The van der Waals surface area contributed by atoms with Crippen molar-refractivity contribution in [3.8, 4) is 0 Å². The second-order valence-corrected chi connectivity index (χ2v) is 3.25. The Balaban J connectivity index is 2.56. The number of rotatable bonds is 4. The van der Waals surface area contributed by atoms with Gasteiger partial charge in [-0.25, -0.2) is 4.98 Å². The molecule has 6 heteroatoms. The highest BCUT2D eigenvalue weighted by Crippen LogP contribution is 2.12. The summed E-state index contributed by atoms with van der Waals surface area (Å²) in [6.45, 7) is 0.828. The van der Waals surface area contributed by atoms with Gasteiger partial charge in [-0.05, 0) is 22.4 Å². The molecule has 1 aromatic rings. The van der Waals surface area contributed by atoms with Crippen molar-refractivity contribution in [1.29, 1.82) is 0 Å². The molecule has 0 amide bonds. The highest BCUT2D eigenvalue weighted by atomic mass is 79.9. The van der Waals surface area contributed by atoms with Gasteiger partial charge in [-0.2, -0.15) is 4.98 Å². The van der Waals surface area contributed by atoms with Gasteiger partial charge < -0.3 is 16.2 Å². The molecule has 0 bridgehead atoms. The Bertz CT molecular complexity index is 261. The molecule has 0 aliphatic heterocycles. The standard InChI is InChI=1S/C7H11BrN4O/c8-5-4-6(10-2-1-3-13)12-7(9)11-5/h4,13H,1-3H2,(H3,9,10,11,12). The van der Waals surface area contributed by atoms with E-state index in [4.69, 9.17) is 10.8 Å². The smallest absolute Gasteiger partial charge is 0.223 e. The number of nitrogens with one attached hydrogen (secondary N) is 1. The lowest BCUT2D eigenvalue weighted by Gasteiger charge is -2.04. The zero-order valence-electron chi connectivity index (χ0n) is 7.00. The molecule has 0 spiro atoms. The summed E-state index contributed by atoms with van der Waals surface area (Å²) < 4.78 is 0.645. The van der Waals surface area contributed by atoms with E-state index in [0.29, 0.717) is 23.4 Å². The van der Waals surface area contributed by atoms with Crippen LogP contribution in [-0.4, -0.2) is 28.2 Å². The van der Waals surface area contributed by atoms with E-state index in [9.17, 15) is 0 Å². The maximum atomic E-state index is 8.55. The zero-order chi connectivity index (χ0) is 9.68. The molecule has 1 aromatic heterocycles. The van der Waals surface area contributed by atoms with Crippen molar-refractivity contribution in [3.63, 3.8) is 0 Å². The van der Waals surface area contributed by atoms with Crippen LogP contribution in [-0.2, 0) is 0 Å². The van der Waals surface area contributed by atoms with E-state index in [2.05, 4.69) is 31.2 Å². The quantitative estimate of drug-likeness (QED) is 0.536. The fourth-order valence-electron chi connectivity index (χ4n) is 0.821. The Kier molecular flexibility index (Phi) is 3.91. The molecule has 0 atom stereocenters. The van der Waals surface area contributed by atoms with Crippen LogP contribution in [0.2, 0.25) is 0 Å². The monoisotopic (exact) mass is 246 g/mol. The fraction of sp³-hybridized carbons (Fsp3) is 0.429. The van der Waals surface area contributed by atoms with E-state index in [1.165, 1.54) is 0 Å². The largest absolute Gasteiger partial charge is 0.396 e. The van der Waals surface area contributed by atoms with E-state index in [1.54, 1.807) is 6.07 Å². The van der Waals surface area contributed by atoms with Gasteiger partial charge in [0, 0.05) is 19.2 Å². The van der Waals surface area contributed by atoms with Crippen LogP contribution >= 0.6 is 15.9 Å². The summed E-state index contributed by atoms with van der Waals surface area (Å²) >= 11 is 3.20. The highest BCUT2D eigenvalue weighted by Gasteiger charge is 1.98. The van der Waals surface area contributed by atoms with Crippen molar-refractivity contribution in [2.75, 3.05) is 24.2 Å². The Hall–Kier alpha value is -0.880. The van der Waals surface area contributed by atoms with Gasteiger partial charge in [-0.3, -0.25) is 0 Å². The van der Waals surface area contributed by atoms with Gasteiger partial charge in [0.2, 0.25) is 5.95 Å². The number of nitrogens with two attached hydrogens (primary N) is 1. The van der Waals surface area contributed by atoms with Crippen molar-refractivity contribution in [2.45, 2.75) is 6.42 Å². The predicted molar refractivity (Wildman–Crippen MR) is 54.3 cm³/mol. The van der Waals surface area contributed by atoms with Crippen LogP contribution in [0.25, 0.3) is 0 Å². The molecule has 0 aliphatic carbocycles. The fourth-order valence-corrected chi connectivity index (χ4v) is 1.22. The van der Waals surface area contributed by atoms with Gasteiger partial charge >= 0.3 is 0 Å². The summed E-state index contributed by atoms with van der Waals surface area (Å²) in [5.41, 5.74) is 5.42. The van der Waals surface area contributed by atoms with Crippen molar-refractivity contribution < 1.29 is 5.11 Å². The molecule has 0 saturated heterocycles. The van der Waals surface area contributed by atoms with Crippen molar-refractivity contribution in [1.82, 2.24) is 9.97 Å². The van der Waals surface area contributed by atoms with Crippen LogP contribution in [0.1, 0.15) is 6.42 Å². The summed E-state index contributed by atoms with van der Waals surface area (Å²) in [6, 6.07) is 1.73. The third kappa shape index (κ3) is 3.56. The Morgan fingerprint density at radius 3 is 2.92 bits per heavy atom. The van der Waals surface area contributed by atoms with E-state index in [1.807, 2.05) is 0 Å². The maximum Gasteiger partial charge on any atom is 0.223 e. The molecule has 4 N–H and O–H groups in total. The third-order valence-electron chi connectivity index (χ3n) is 1.35. The Morgan fingerprint density at radius 2 is 2.31 bits per heavy atom. The minimum Gasteiger partial charge on any atom is -0.396 e. The van der Waals surface area contributed by atoms with Crippen LogP contribution < -0.4 is 11.1 Å². The van der Waals surface area contributed by atoms with E-state index >= 15 is 0 Å². The van der Waals surface area contributed by atoms with Gasteiger partial charge in [0.1, 0.15) is 10.4 Å². The number of hydrogen-bond acceptors (Lipinski definition) is 5. The summed E-state index contributed by atoms with van der Waals surface area (Å²) in [5, 5.41) is 11.6. The van der Waals surface area contributed by atoms with Crippen molar-refractivity contribution in [3.05, 3.63) is 10.7 Å². The summed E-state index contributed by atoms with van der Waals surface area (Å²) in [6.07, 6.45) is 0.682. The number of nitrogen functional groups attached to an aromatic ring is 1. The molecule has 1 rings (SSSR count). The Labute approximate surface area is 84.5 Å². The maximum absolute atomic E-state index is 8.55. The van der Waals surface area contributed by atoms with Gasteiger partial charge in [0.15, 0.2) is 0 Å². The summed E-state index contributed by atoms with van der Waals surface area (Å²) in [7, 11) is 0. The number of aromatic nitrogens is 2. The lowest BCUT2D eigenvalue weighted by molar-refractivity contribution is 0.292. The second-order valence-electron chi connectivity index (χ2n) is 2.44. The minimum absolute atomic E-state index is 0.161. The first kappa shape index (κ1) is 10.2. The number of nitrogens with zero attached hydrogens (tertiary/aromatic N) is 2. The molecule has 0 saturated carbocycles. The first-order chi connectivity index (χ1) is 6.22. The van der Waals surface area contributed by atoms with Gasteiger partial charge in [0.05, 0.1) is 0 Å². The predicted octanol–water partition coefficient (Wildman–Crippen LogP) is 0.616. The minimum atomic E-state index is 0.161. The molecule has 13 heavy (non-hydrogen) atoms. The molecule has 0 aliphatic rings. The third-order valence-corrected chi connectivity index (χ3v) is 1.76.